The van der Waals surface area contributed by atoms with Crippen LogP contribution in [-0.2, 0) is 16.3 Å². The van der Waals surface area contributed by atoms with E-state index in [1.54, 1.807) is 12.1 Å². The minimum absolute atomic E-state index is 0.0151. The van der Waals surface area contributed by atoms with Gasteiger partial charge in [-0.2, -0.15) is 0 Å². The second kappa shape index (κ2) is 6.04. The van der Waals surface area contributed by atoms with Gasteiger partial charge in [0.05, 0.1) is 17.5 Å². The molecule has 2 atom stereocenters. The fourth-order valence-electron chi connectivity index (χ4n) is 3.33. The fraction of sp³-hybridized carbons (Fsp3) is 0.667. The molecule has 3 heterocycles. The first kappa shape index (κ1) is 15.6. The van der Waals surface area contributed by atoms with Crippen molar-refractivity contribution in [2.24, 2.45) is 0 Å². The van der Waals surface area contributed by atoms with E-state index in [1.165, 1.54) is 0 Å². The number of carbonyl (C=O) groups is 1. The summed E-state index contributed by atoms with van der Waals surface area (Å²) >= 11 is 0. The standard InChI is InChI=1S/C15H22N2O4S/c1-2-11-5-6-14(21-11)15(18)16-12-9-22(19,20)10-13(12)17-7-3-4-8-17/h5-6,12-13H,2-4,7-10H2,1H3,(H,16,18)/t12-,13-/m0/s1. The summed E-state index contributed by atoms with van der Waals surface area (Å²) in [7, 11) is -3.10. The van der Waals surface area contributed by atoms with E-state index >= 15 is 0 Å². The van der Waals surface area contributed by atoms with Gasteiger partial charge in [0, 0.05) is 12.5 Å². The first-order chi connectivity index (χ1) is 10.5. The predicted molar refractivity (Wildman–Crippen MR) is 82.6 cm³/mol. The van der Waals surface area contributed by atoms with Crippen LogP contribution in [0.3, 0.4) is 0 Å². The molecule has 1 aromatic rings. The lowest BCUT2D eigenvalue weighted by atomic mass is 10.1. The van der Waals surface area contributed by atoms with Crippen molar-refractivity contribution >= 4 is 15.7 Å². The van der Waals surface area contributed by atoms with E-state index in [0.717, 1.165) is 38.1 Å². The van der Waals surface area contributed by atoms with Gasteiger partial charge in [-0.25, -0.2) is 8.42 Å². The molecule has 6 nitrogen and oxygen atoms in total. The Morgan fingerprint density at radius 2 is 2.05 bits per heavy atom. The maximum absolute atomic E-state index is 12.3. The summed E-state index contributed by atoms with van der Waals surface area (Å²) < 4.78 is 29.4. The van der Waals surface area contributed by atoms with Gasteiger partial charge >= 0.3 is 0 Å². The van der Waals surface area contributed by atoms with Crippen molar-refractivity contribution in [3.63, 3.8) is 0 Å². The molecular weight excluding hydrogens is 304 g/mol. The molecule has 0 saturated carbocycles. The molecule has 2 saturated heterocycles. The maximum Gasteiger partial charge on any atom is 0.287 e. The molecule has 3 rings (SSSR count). The van der Waals surface area contributed by atoms with E-state index in [1.807, 2.05) is 6.92 Å². The van der Waals surface area contributed by atoms with Crippen molar-refractivity contribution in [3.05, 3.63) is 23.7 Å². The molecular formula is C15H22N2O4S. The maximum atomic E-state index is 12.3. The molecule has 0 bridgehead atoms. The van der Waals surface area contributed by atoms with E-state index < -0.39 is 9.84 Å². The third-order valence-corrected chi connectivity index (χ3v) is 6.20. The highest BCUT2D eigenvalue weighted by atomic mass is 32.2. The van der Waals surface area contributed by atoms with Gasteiger partial charge in [-0.15, -0.1) is 0 Å². The molecule has 0 unspecified atom stereocenters. The largest absolute Gasteiger partial charge is 0.456 e. The van der Waals surface area contributed by atoms with Crippen LogP contribution in [0.25, 0.3) is 0 Å². The Bertz CT molecular complexity index is 646. The molecule has 22 heavy (non-hydrogen) atoms. The average Bonchev–Trinajstić information content (AvgIpc) is 3.17. The van der Waals surface area contributed by atoms with Crippen LogP contribution in [0.15, 0.2) is 16.5 Å². The Kier molecular flexibility index (Phi) is 4.27. The Balaban J connectivity index is 1.72. The Hall–Kier alpha value is -1.34. The van der Waals surface area contributed by atoms with E-state index in [2.05, 4.69) is 10.2 Å². The van der Waals surface area contributed by atoms with Gasteiger partial charge in [0.2, 0.25) is 0 Å². The van der Waals surface area contributed by atoms with Gasteiger partial charge in [0.25, 0.3) is 5.91 Å². The first-order valence-electron chi connectivity index (χ1n) is 7.82. The summed E-state index contributed by atoms with van der Waals surface area (Å²) in [4.78, 5) is 14.5. The molecule has 0 aliphatic carbocycles. The molecule has 0 radical (unpaired) electrons. The van der Waals surface area contributed by atoms with E-state index in [9.17, 15) is 13.2 Å². The lowest BCUT2D eigenvalue weighted by Crippen LogP contribution is -2.50. The van der Waals surface area contributed by atoms with Gasteiger partial charge in [-0.1, -0.05) is 6.92 Å². The summed E-state index contributed by atoms with van der Waals surface area (Å²) in [6.07, 6.45) is 2.91. The highest BCUT2D eigenvalue weighted by Crippen LogP contribution is 2.23. The highest BCUT2D eigenvalue weighted by Gasteiger charge is 2.42. The molecule has 1 amide bonds. The zero-order valence-corrected chi connectivity index (χ0v) is 13.6. The van der Waals surface area contributed by atoms with Gasteiger partial charge in [-0.3, -0.25) is 9.69 Å². The normalized spacial score (nSPS) is 28.0. The van der Waals surface area contributed by atoms with E-state index in [-0.39, 0.29) is 35.3 Å². The topological polar surface area (TPSA) is 79.6 Å². The number of sulfone groups is 1. The number of aryl methyl sites for hydroxylation is 1. The smallest absolute Gasteiger partial charge is 0.287 e. The van der Waals surface area contributed by atoms with Crippen molar-refractivity contribution in [1.82, 2.24) is 10.2 Å². The molecule has 0 aromatic carbocycles. The number of likely N-dealkylation sites (tertiary alicyclic amines) is 1. The fourth-order valence-corrected chi connectivity index (χ4v) is 5.28. The number of nitrogens with one attached hydrogen (secondary N) is 1. The van der Waals surface area contributed by atoms with Crippen LogP contribution in [0.4, 0.5) is 0 Å². The number of nitrogens with zero attached hydrogens (tertiary/aromatic N) is 1. The third kappa shape index (κ3) is 3.20. The van der Waals surface area contributed by atoms with Gasteiger partial charge in [0.1, 0.15) is 5.76 Å². The minimum atomic E-state index is -3.10. The third-order valence-electron chi connectivity index (χ3n) is 4.48. The number of hydrogen-bond donors (Lipinski definition) is 1. The summed E-state index contributed by atoms with van der Waals surface area (Å²) in [5.41, 5.74) is 0. The van der Waals surface area contributed by atoms with Crippen molar-refractivity contribution in [2.75, 3.05) is 24.6 Å². The summed E-state index contributed by atoms with van der Waals surface area (Å²) in [6, 6.07) is 2.95. The quantitative estimate of drug-likeness (QED) is 0.887. The van der Waals surface area contributed by atoms with Crippen LogP contribution >= 0.6 is 0 Å². The van der Waals surface area contributed by atoms with E-state index in [0.29, 0.717) is 0 Å². The summed E-state index contributed by atoms with van der Waals surface area (Å²) in [5, 5.41) is 2.86. The Morgan fingerprint density at radius 1 is 1.32 bits per heavy atom. The summed E-state index contributed by atoms with van der Waals surface area (Å²) in [6.45, 7) is 3.77. The van der Waals surface area contributed by atoms with Gasteiger partial charge in [0.15, 0.2) is 15.6 Å². The second-order valence-electron chi connectivity index (χ2n) is 6.09. The van der Waals surface area contributed by atoms with Gasteiger partial charge < -0.3 is 9.73 Å². The number of amides is 1. The monoisotopic (exact) mass is 326 g/mol. The van der Waals surface area contributed by atoms with Crippen LogP contribution in [0, 0.1) is 0 Å². The predicted octanol–water partition coefficient (Wildman–Crippen LogP) is 0.833. The lowest BCUT2D eigenvalue weighted by Gasteiger charge is -2.28. The molecule has 7 heteroatoms. The van der Waals surface area contributed by atoms with Gasteiger partial charge in [-0.05, 0) is 38.1 Å². The molecule has 0 spiro atoms. The van der Waals surface area contributed by atoms with Crippen LogP contribution in [0.5, 0.6) is 0 Å². The summed E-state index contributed by atoms with van der Waals surface area (Å²) in [5.74, 6) is 0.824. The SMILES string of the molecule is CCc1ccc(C(=O)N[C@H]2CS(=O)(=O)C[C@@H]2N2CCCC2)o1. The number of carbonyl (C=O) groups excluding carboxylic acids is 1. The zero-order chi connectivity index (χ0) is 15.7. The molecule has 2 aliphatic heterocycles. The number of furan rings is 1. The van der Waals surface area contributed by atoms with Crippen molar-refractivity contribution in [3.8, 4) is 0 Å². The van der Waals surface area contributed by atoms with E-state index in [4.69, 9.17) is 4.42 Å². The van der Waals surface area contributed by atoms with Crippen molar-refractivity contribution in [1.29, 1.82) is 0 Å². The highest BCUT2D eigenvalue weighted by molar-refractivity contribution is 7.91. The molecule has 1 aromatic heterocycles. The molecule has 122 valence electrons. The number of rotatable bonds is 4. The zero-order valence-electron chi connectivity index (χ0n) is 12.7. The Morgan fingerprint density at radius 3 is 2.68 bits per heavy atom. The van der Waals surface area contributed by atoms with Crippen LogP contribution in [-0.4, -0.2) is 55.9 Å². The van der Waals surface area contributed by atoms with Crippen molar-refractivity contribution in [2.45, 2.75) is 38.3 Å². The molecule has 2 fully saturated rings. The average molecular weight is 326 g/mol. The van der Waals surface area contributed by atoms with Crippen molar-refractivity contribution < 1.29 is 17.6 Å². The second-order valence-corrected chi connectivity index (χ2v) is 8.24. The van der Waals surface area contributed by atoms with Crippen LogP contribution in [0.2, 0.25) is 0 Å². The molecule has 2 aliphatic rings. The minimum Gasteiger partial charge on any atom is -0.456 e. The first-order valence-corrected chi connectivity index (χ1v) is 9.64. The number of hydrogen-bond acceptors (Lipinski definition) is 5. The lowest BCUT2D eigenvalue weighted by molar-refractivity contribution is 0.0889. The van der Waals surface area contributed by atoms with Crippen LogP contribution in [0.1, 0.15) is 36.1 Å². The Labute approximate surface area is 130 Å². The molecule has 1 N–H and O–H groups in total. The van der Waals surface area contributed by atoms with Crippen LogP contribution < -0.4 is 5.32 Å².